The van der Waals surface area contributed by atoms with Crippen molar-refractivity contribution in [2.45, 2.75) is 12.6 Å². The van der Waals surface area contributed by atoms with Gasteiger partial charge in [0.2, 0.25) is 0 Å². The van der Waals surface area contributed by atoms with Crippen LogP contribution < -0.4 is 5.32 Å². The van der Waals surface area contributed by atoms with Gasteiger partial charge in [0.25, 0.3) is 0 Å². The second-order valence-corrected chi connectivity index (χ2v) is 5.27. The van der Waals surface area contributed by atoms with Crippen molar-refractivity contribution in [1.29, 1.82) is 0 Å². The molecule has 2 heterocycles. The number of sulfone groups is 1. The predicted molar refractivity (Wildman–Crippen MR) is 52.4 cm³/mol. The maximum absolute atomic E-state index is 11.1. The molecule has 0 aliphatic carbocycles. The lowest BCUT2D eigenvalue weighted by Crippen LogP contribution is -2.29. The number of hydrogen-bond acceptors (Lipinski definition) is 6. The summed E-state index contributed by atoms with van der Waals surface area (Å²) in [5.41, 5.74) is 0. The molecule has 0 radical (unpaired) electrons. The first-order chi connectivity index (χ1) is 7.05. The minimum Gasteiger partial charge on any atom is -0.302 e. The highest BCUT2D eigenvalue weighted by Gasteiger charge is 2.21. The van der Waals surface area contributed by atoms with Crippen LogP contribution in [0.15, 0.2) is 11.5 Å². The maximum atomic E-state index is 11.1. The van der Waals surface area contributed by atoms with E-state index in [-0.39, 0.29) is 11.8 Å². The van der Waals surface area contributed by atoms with Crippen molar-refractivity contribution < 1.29 is 8.42 Å². The van der Waals surface area contributed by atoms with Crippen LogP contribution in [-0.4, -0.2) is 40.4 Å². The van der Waals surface area contributed by atoms with Gasteiger partial charge in [-0.2, -0.15) is 4.80 Å². The molecule has 1 aromatic heterocycles. The summed E-state index contributed by atoms with van der Waals surface area (Å²) >= 11 is 0. The third-order valence-electron chi connectivity index (χ3n) is 2.00. The molecule has 0 saturated carbocycles. The Kier molecular flexibility index (Phi) is 2.53. The lowest BCUT2D eigenvalue weighted by molar-refractivity contribution is 0.582. The van der Waals surface area contributed by atoms with Crippen LogP contribution >= 0.6 is 0 Å². The lowest BCUT2D eigenvalue weighted by Gasteiger charge is -2.06. The Morgan fingerprint density at radius 1 is 1.67 bits per heavy atom. The Morgan fingerprint density at radius 2 is 2.47 bits per heavy atom. The SMILES string of the molecule is Cn1nnc(CNC2C=CS(=O)(=O)C2)n1. The molecule has 0 amide bonds. The third kappa shape index (κ3) is 2.60. The summed E-state index contributed by atoms with van der Waals surface area (Å²) in [6, 6.07) is -0.154. The van der Waals surface area contributed by atoms with E-state index in [1.807, 2.05) is 0 Å². The zero-order chi connectivity index (χ0) is 10.9. The molecular formula is C7H11N5O2S. The normalized spacial score (nSPS) is 23.4. The second kappa shape index (κ2) is 3.70. The van der Waals surface area contributed by atoms with Gasteiger partial charge in [0.15, 0.2) is 15.7 Å². The Bertz CT molecular complexity index is 477. The predicted octanol–water partition coefficient (Wildman–Crippen LogP) is -1.39. The standard InChI is InChI=1S/C7H11N5O2S/c1-12-10-7(9-11-12)4-8-6-2-3-15(13,14)5-6/h2-3,6,8H,4-5H2,1H3. The molecule has 7 nitrogen and oxygen atoms in total. The van der Waals surface area contributed by atoms with Crippen LogP contribution in [0.4, 0.5) is 0 Å². The quantitative estimate of drug-likeness (QED) is 0.686. The molecular weight excluding hydrogens is 218 g/mol. The molecule has 1 aliphatic rings. The van der Waals surface area contributed by atoms with E-state index >= 15 is 0 Å². The molecule has 2 rings (SSSR count). The number of nitrogens with zero attached hydrogens (tertiary/aromatic N) is 4. The minimum absolute atomic E-state index is 0.104. The number of aryl methyl sites for hydroxylation is 1. The largest absolute Gasteiger partial charge is 0.302 e. The minimum atomic E-state index is -3.00. The van der Waals surface area contributed by atoms with Crippen molar-refractivity contribution in [3.63, 3.8) is 0 Å². The summed E-state index contributed by atoms with van der Waals surface area (Å²) in [5, 5.41) is 15.7. The van der Waals surface area contributed by atoms with Crippen molar-refractivity contribution in [3.8, 4) is 0 Å². The van der Waals surface area contributed by atoms with Gasteiger partial charge < -0.3 is 5.32 Å². The first-order valence-electron chi connectivity index (χ1n) is 4.42. The lowest BCUT2D eigenvalue weighted by atomic mass is 10.3. The van der Waals surface area contributed by atoms with Crippen molar-refractivity contribution >= 4 is 9.84 Å². The van der Waals surface area contributed by atoms with Gasteiger partial charge in [-0.05, 0) is 5.21 Å². The van der Waals surface area contributed by atoms with Crippen LogP contribution in [0.2, 0.25) is 0 Å². The Balaban J connectivity index is 1.88. The Morgan fingerprint density at radius 3 is 3.00 bits per heavy atom. The van der Waals surface area contributed by atoms with Crippen LogP contribution in [0, 0.1) is 0 Å². The highest BCUT2D eigenvalue weighted by Crippen LogP contribution is 2.07. The zero-order valence-electron chi connectivity index (χ0n) is 8.16. The van der Waals surface area contributed by atoms with Gasteiger partial charge in [-0.15, -0.1) is 10.2 Å². The molecule has 1 atom stereocenters. The molecule has 0 spiro atoms. The number of rotatable bonds is 3. The highest BCUT2D eigenvalue weighted by molar-refractivity contribution is 7.94. The van der Waals surface area contributed by atoms with E-state index < -0.39 is 9.84 Å². The molecule has 0 bridgehead atoms. The zero-order valence-corrected chi connectivity index (χ0v) is 8.98. The number of hydrogen-bond donors (Lipinski definition) is 1. The first-order valence-corrected chi connectivity index (χ1v) is 6.14. The van der Waals surface area contributed by atoms with Gasteiger partial charge >= 0.3 is 0 Å². The average molecular weight is 229 g/mol. The van der Waals surface area contributed by atoms with E-state index in [0.717, 1.165) is 0 Å². The van der Waals surface area contributed by atoms with Crippen LogP contribution in [0.3, 0.4) is 0 Å². The molecule has 8 heteroatoms. The summed E-state index contributed by atoms with van der Waals surface area (Å²) < 4.78 is 22.2. The monoisotopic (exact) mass is 229 g/mol. The van der Waals surface area contributed by atoms with Gasteiger partial charge in [0.1, 0.15) is 0 Å². The van der Waals surface area contributed by atoms with Crippen LogP contribution in [0.25, 0.3) is 0 Å². The van der Waals surface area contributed by atoms with Crippen LogP contribution in [0.5, 0.6) is 0 Å². The van der Waals surface area contributed by atoms with Gasteiger partial charge in [-0.1, -0.05) is 6.08 Å². The third-order valence-corrected chi connectivity index (χ3v) is 3.40. The Hall–Kier alpha value is -1.28. The molecule has 0 aromatic carbocycles. The van der Waals surface area contributed by atoms with Gasteiger partial charge in [0, 0.05) is 11.4 Å². The maximum Gasteiger partial charge on any atom is 0.188 e. The van der Waals surface area contributed by atoms with E-state index in [1.165, 1.54) is 10.2 Å². The van der Waals surface area contributed by atoms with Gasteiger partial charge in [-0.3, -0.25) is 0 Å². The summed E-state index contributed by atoms with van der Waals surface area (Å²) in [5.74, 6) is 0.656. The summed E-state index contributed by atoms with van der Waals surface area (Å²) in [6.07, 6.45) is 1.63. The Labute approximate surface area is 87.1 Å². The summed E-state index contributed by atoms with van der Waals surface area (Å²) in [7, 11) is -1.32. The second-order valence-electron chi connectivity index (χ2n) is 3.34. The average Bonchev–Trinajstić information content (AvgIpc) is 2.69. The summed E-state index contributed by atoms with van der Waals surface area (Å²) in [6.45, 7) is 0.415. The van der Waals surface area contributed by atoms with E-state index in [2.05, 4.69) is 20.7 Å². The van der Waals surface area contributed by atoms with E-state index in [4.69, 9.17) is 0 Å². The molecule has 0 saturated heterocycles. The van der Waals surface area contributed by atoms with Crippen molar-refractivity contribution in [3.05, 3.63) is 17.3 Å². The van der Waals surface area contributed by atoms with Crippen LogP contribution in [0.1, 0.15) is 5.82 Å². The summed E-state index contributed by atoms with van der Waals surface area (Å²) in [4.78, 5) is 1.36. The van der Waals surface area contributed by atoms with Crippen molar-refractivity contribution in [1.82, 2.24) is 25.5 Å². The topological polar surface area (TPSA) is 89.8 Å². The fourth-order valence-electron chi connectivity index (χ4n) is 1.32. The molecule has 82 valence electrons. The van der Waals surface area contributed by atoms with Crippen molar-refractivity contribution in [2.75, 3.05) is 5.75 Å². The molecule has 15 heavy (non-hydrogen) atoms. The van der Waals surface area contributed by atoms with Crippen LogP contribution in [-0.2, 0) is 23.4 Å². The number of aromatic nitrogens is 4. The van der Waals surface area contributed by atoms with Crippen molar-refractivity contribution in [2.24, 2.45) is 7.05 Å². The van der Waals surface area contributed by atoms with E-state index in [9.17, 15) is 8.42 Å². The van der Waals surface area contributed by atoms with E-state index in [0.29, 0.717) is 12.4 Å². The van der Waals surface area contributed by atoms with Gasteiger partial charge in [-0.25, -0.2) is 8.42 Å². The molecule has 0 fully saturated rings. The number of tetrazole rings is 1. The molecule has 1 aliphatic heterocycles. The smallest absolute Gasteiger partial charge is 0.188 e. The fourth-order valence-corrected chi connectivity index (χ4v) is 2.59. The molecule has 1 N–H and O–H groups in total. The molecule has 1 unspecified atom stereocenters. The highest BCUT2D eigenvalue weighted by atomic mass is 32.2. The van der Waals surface area contributed by atoms with E-state index in [1.54, 1.807) is 13.1 Å². The number of nitrogens with one attached hydrogen (secondary N) is 1. The first kappa shape index (κ1) is 10.2. The molecule has 1 aromatic rings. The van der Waals surface area contributed by atoms with Gasteiger partial charge in [0.05, 0.1) is 19.3 Å². The fraction of sp³-hybridized carbons (Fsp3) is 0.571.